The fraction of sp³-hybridized carbons (Fsp3) is 0.231. The Balaban J connectivity index is 1.61. The lowest BCUT2D eigenvalue weighted by Crippen LogP contribution is -2.40. The average molecular weight is 416 g/mol. The van der Waals surface area contributed by atoms with Gasteiger partial charge in [0.25, 0.3) is 0 Å². The SMILES string of the molecule is Cc1cccc(C)c1NC(=O)CN(C)CC(=O)NC(c1ccccc1)c1ccccc1. The quantitative estimate of drug-likeness (QED) is 0.583. The molecule has 3 aromatic rings. The number of hydrogen-bond acceptors (Lipinski definition) is 3. The molecule has 0 saturated carbocycles. The second-order valence-electron chi connectivity index (χ2n) is 7.81. The molecule has 0 radical (unpaired) electrons. The van der Waals surface area contributed by atoms with Gasteiger partial charge in [-0.3, -0.25) is 14.5 Å². The van der Waals surface area contributed by atoms with Crippen LogP contribution in [0.3, 0.4) is 0 Å². The largest absolute Gasteiger partial charge is 0.344 e. The number of benzene rings is 3. The van der Waals surface area contributed by atoms with Crippen LogP contribution in [-0.4, -0.2) is 36.9 Å². The third-order valence-electron chi connectivity index (χ3n) is 5.14. The van der Waals surface area contributed by atoms with Gasteiger partial charge in [-0.05, 0) is 43.1 Å². The predicted molar refractivity (Wildman–Crippen MR) is 125 cm³/mol. The number of rotatable bonds is 8. The first kappa shape index (κ1) is 22.2. The normalized spacial score (nSPS) is 10.9. The molecule has 0 heterocycles. The first-order valence-electron chi connectivity index (χ1n) is 10.4. The molecule has 160 valence electrons. The molecule has 0 fully saturated rings. The highest BCUT2D eigenvalue weighted by molar-refractivity contribution is 5.94. The lowest BCUT2D eigenvalue weighted by Gasteiger charge is -2.22. The van der Waals surface area contributed by atoms with Gasteiger partial charge in [0.2, 0.25) is 11.8 Å². The molecule has 0 aliphatic carbocycles. The van der Waals surface area contributed by atoms with Crippen LogP contribution < -0.4 is 10.6 Å². The van der Waals surface area contributed by atoms with Crippen molar-refractivity contribution in [3.63, 3.8) is 0 Å². The van der Waals surface area contributed by atoms with E-state index in [2.05, 4.69) is 10.6 Å². The van der Waals surface area contributed by atoms with Crippen LogP contribution in [0.2, 0.25) is 0 Å². The Bertz CT molecular complexity index is 960. The molecule has 0 saturated heterocycles. The summed E-state index contributed by atoms with van der Waals surface area (Å²) in [6, 6.07) is 25.4. The molecule has 0 spiro atoms. The Morgan fingerprint density at radius 2 is 1.23 bits per heavy atom. The van der Waals surface area contributed by atoms with Crippen molar-refractivity contribution in [3.05, 3.63) is 101 Å². The molecule has 0 unspecified atom stereocenters. The van der Waals surface area contributed by atoms with Crippen molar-refractivity contribution in [1.82, 2.24) is 10.2 Å². The maximum absolute atomic E-state index is 12.8. The Kier molecular flexibility index (Phi) is 7.57. The van der Waals surface area contributed by atoms with Gasteiger partial charge >= 0.3 is 0 Å². The molecule has 2 amide bonds. The first-order valence-corrected chi connectivity index (χ1v) is 10.4. The highest BCUT2D eigenvalue weighted by atomic mass is 16.2. The van der Waals surface area contributed by atoms with E-state index in [1.165, 1.54) is 0 Å². The first-order chi connectivity index (χ1) is 14.9. The summed E-state index contributed by atoms with van der Waals surface area (Å²) < 4.78 is 0. The molecule has 0 atom stereocenters. The zero-order chi connectivity index (χ0) is 22.2. The van der Waals surface area contributed by atoms with Gasteiger partial charge < -0.3 is 10.6 Å². The van der Waals surface area contributed by atoms with E-state index in [1.54, 1.807) is 11.9 Å². The van der Waals surface area contributed by atoms with Gasteiger partial charge in [-0.1, -0.05) is 78.9 Å². The van der Waals surface area contributed by atoms with E-state index in [0.717, 1.165) is 27.9 Å². The molecule has 2 N–H and O–H groups in total. The van der Waals surface area contributed by atoms with Crippen LogP contribution in [0, 0.1) is 13.8 Å². The molecule has 0 aromatic heterocycles. The van der Waals surface area contributed by atoms with E-state index in [1.807, 2.05) is 92.7 Å². The van der Waals surface area contributed by atoms with Crippen LogP contribution in [-0.2, 0) is 9.59 Å². The van der Waals surface area contributed by atoms with Crippen LogP contribution in [0.5, 0.6) is 0 Å². The zero-order valence-corrected chi connectivity index (χ0v) is 18.3. The number of carbonyl (C=O) groups excluding carboxylic acids is 2. The van der Waals surface area contributed by atoms with Crippen molar-refractivity contribution in [2.75, 3.05) is 25.5 Å². The molecule has 31 heavy (non-hydrogen) atoms. The second-order valence-corrected chi connectivity index (χ2v) is 7.81. The van der Waals surface area contributed by atoms with Crippen molar-refractivity contribution in [1.29, 1.82) is 0 Å². The maximum atomic E-state index is 12.8. The average Bonchev–Trinajstić information content (AvgIpc) is 2.76. The van der Waals surface area contributed by atoms with Gasteiger partial charge in [-0.25, -0.2) is 0 Å². The predicted octanol–water partition coefficient (Wildman–Crippen LogP) is 4.08. The standard InChI is InChI=1S/C26H29N3O2/c1-19-11-10-12-20(2)25(19)27-23(30)17-29(3)18-24(31)28-26(21-13-6-4-7-14-21)22-15-8-5-9-16-22/h4-16,26H,17-18H2,1-3H3,(H,27,30)(H,28,31). The summed E-state index contributed by atoms with van der Waals surface area (Å²) in [4.78, 5) is 27.0. The number of nitrogens with one attached hydrogen (secondary N) is 2. The number of aryl methyl sites for hydroxylation is 2. The van der Waals surface area contributed by atoms with E-state index in [9.17, 15) is 9.59 Å². The molecule has 5 nitrogen and oxygen atoms in total. The van der Waals surface area contributed by atoms with E-state index >= 15 is 0 Å². The highest BCUT2D eigenvalue weighted by Crippen LogP contribution is 2.22. The Morgan fingerprint density at radius 3 is 1.74 bits per heavy atom. The summed E-state index contributed by atoms with van der Waals surface area (Å²) in [6.07, 6.45) is 0. The molecule has 0 bridgehead atoms. The highest BCUT2D eigenvalue weighted by Gasteiger charge is 2.18. The number of likely N-dealkylation sites (N-methyl/N-ethyl adjacent to an activating group) is 1. The Hall–Kier alpha value is -3.44. The number of amides is 2. The molecular weight excluding hydrogens is 386 g/mol. The van der Waals surface area contributed by atoms with Gasteiger partial charge in [-0.15, -0.1) is 0 Å². The number of nitrogens with zero attached hydrogens (tertiary/aromatic N) is 1. The van der Waals surface area contributed by atoms with Gasteiger partial charge in [-0.2, -0.15) is 0 Å². The smallest absolute Gasteiger partial charge is 0.238 e. The Morgan fingerprint density at radius 1 is 0.742 bits per heavy atom. The number of para-hydroxylation sites is 1. The van der Waals surface area contributed by atoms with Gasteiger partial charge in [0, 0.05) is 5.69 Å². The summed E-state index contributed by atoms with van der Waals surface area (Å²) >= 11 is 0. The molecular formula is C26H29N3O2. The minimum Gasteiger partial charge on any atom is -0.344 e. The van der Waals surface area contributed by atoms with Crippen LogP contribution >= 0.6 is 0 Å². The van der Waals surface area contributed by atoms with Gasteiger partial charge in [0.15, 0.2) is 0 Å². The zero-order valence-electron chi connectivity index (χ0n) is 18.3. The van der Waals surface area contributed by atoms with E-state index in [4.69, 9.17) is 0 Å². The number of carbonyl (C=O) groups is 2. The van der Waals surface area contributed by atoms with Crippen LogP contribution in [0.25, 0.3) is 0 Å². The van der Waals surface area contributed by atoms with E-state index < -0.39 is 0 Å². The van der Waals surface area contributed by atoms with Crippen LogP contribution in [0.1, 0.15) is 28.3 Å². The number of hydrogen-bond donors (Lipinski definition) is 2. The van der Waals surface area contributed by atoms with Crippen molar-refractivity contribution >= 4 is 17.5 Å². The summed E-state index contributed by atoms with van der Waals surface area (Å²) in [7, 11) is 1.77. The fourth-order valence-electron chi connectivity index (χ4n) is 3.59. The molecule has 5 heteroatoms. The third kappa shape index (κ3) is 6.27. The van der Waals surface area contributed by atoms with Crippen LogP contribution in [0.15, 0.2) is 78.9 Å². The molecule has 3 aromatic carbocycles. The number of anilines is 1. The topological polar surface area (TPSA) is 61.4 Å². The monoisotopic (exact) mass is 415 g/mol. The molecule has 3 rings (SSSR count). The maximum Gasteiger partial charge on any atom is 0.238 e. The van der Waals surface area contributed by atoms with E-state index in [0.29, 0.717) is 0 Å². The van der Waals surface area contributed by atoms with Crippen molar-refractivity contribution < 1.29 is 9.59 Å². The second kappa shape index (κ2) is 10.5. The van der Waals surface area contributed by atoms with Gasteiger partial charge in [0.05, 0.1) is 19.1 Å². The summed E-state index contributed by atoms with van der Waals surface area (Å²) in [5.41, 5.74) is 4.89. The summed E-state index contributed by atoms with van der Waals surface area (Å²) in [6.45, 7) is 4.18. The van der Waals surface area contributed by atoms with E-state index in [-0.39, 0.29) is 30.9 Å². The Labute approximate surface area is 184 Å². The summed E-state index contributed by atoms with van der Waals surface area (Å²) in [5.74, 6) is -0.282. The third-order valence-corrected chi connectivity index (χ3v) is 5.14. The molecule has 0 aliphatic heterocycles. The summed E-state index contributed by atoms with van der Waals surface area (Å²) in [5, 5.41) is 6.07. The lowest BCUT2D eigenvalue weighted by atomic mass is 9.99. The van der Waals surface area contributed by atoms with Gasteiger partial charge in [0.1, 0.15) is 0 Å². The lowest BCUT2D eigenvalue weighted by molar-refractivity contribution is -0.123. The minimum atomic E-state index is -0.244. The van der Waals surface area contributed by atoms with Crippen molar-refractivity contribution in [2.24, 2.45) is 0 Å². The molecule has 0 aliphatic rings. The minimum absolute atomic E-state index is 0.121. The van der Waals surface area contributed by atoms with Crippen molar-refractivity contribution in [2.45, 2.75) is 19.9 Å². The van der Waals surface area contributed by atoms with Crippen molar-refractivity contribution in [3.8, 4) is 0 Å². The van der Waals surface area contributed by atoms with Crippen LogP contribution in [0.4, 0.5) is 5.69 Å². The fourth-order valence-corrected chi connectivity index (χ4v) is 3.59.